The topological polar surface area (TPSA) is 37.3 Å². The molecule has 0 aromatic heterocycles. The van der Waals surface area contributed by atoms with Gasteiger partial charge in [-0.1, -0.05) is 0 Å². The number of benzene rings is 1. The zero-order valence-electron chi connectivity index (χ0n) is 6.96. The summed E-state index contributed by atoms with van der Waals surface area (Å²) in [7, 11) is 0. The van der Waals surface area contributed by atoms with E-state index >= 15 is 0 Å². The average molecular weight is 182 g/mol. The molecule has 64 valence electrons. The van der Waals surface area contributed by atoms with Crippen LogP contribution in [0.25, 0.3) is 0 Å². The van der Waals surface area contributed by atoms with Crippen molar-refractivity contribution in [2.24, 2.45) is 0 Å². The van der Waals surface area contributed by atoms with E-state index in [2.05, 4.69) is 12.6 Å². The van der Waals surface area contributed by atoms with Crippen molar-refractivity contribution < 1.29 is 9.90 Å². The molecule has 1 N–H and O–H groups in total. The second-order valence-corrected chi connectivity index (χ2v) is 3.17. The number of carboxylic acid groups (broad SMARTS) is 1. The molecule has 1 aromatic rings. The van der Waals surface area contributed by atoms with Crippen molar-refractivity contribution in [3.8, 4) is 0 Å². The Morgan fingerprint density at radius 3 is 2.42 bits per heavy atom. The van der Waals surface area contributed by atoms with Gasteiger partial charge in [0.15, 0.2) is 0 Å². The van der Waals surface area contributed by atoms with E-state index in [1.54, 1.807) is 19.1 Å². The van der Waals surface area contributed by atoms with Gasteiger partial charge in [0.2, 0.25) is 0 Å². The number of thiol groups is 1. The van der Waals surface area contributed by atoms with Gasteiger partial charge in [-0.2, -0.15) is 0 Å². The van der Waals surface area contributed by atoms with Crippen LogP contribution in [-0.4, -0.2) is 11.1 Å². The van der Waals surface area contributed by atoms with Gasteiger partial charge in [-0.15, -0.1) is 12.6 Å². The molecule has 3 heteroatoms. The summed E-state index contributed by atoms with van der Waals surface area (Å²) in [4.78, 5) is 11.5. The standard InChI is InChI=1S/C9H10O2S/c1-5-6(2)8(12)4-3-7(5)9(10)11/h3-4,12H,1-2H3,(H,10,11). The van der Waals surface area contributed by atoms with Gasteiger partial charge in [0, 0.05) is 4.90 Å². The predicted molar refractivity (Wildman–Crippen MR) is 50.1 cm³/mol. The number of carbonyl (C=O) groups is 1. The van der Waals surface area contributed by atoms with Crippen molar-refractivity contribution in [2.75, 3.05) is 0 Å². The van der Waals surface area contributed by atoms with Gasteiger partial charge < -0.3 is 5.11 Å². The first kappa shape index (κ1) is 9.13. The van der Waals surface area contributed by atoms with Gasteiger partial charge in [-0.25, -0.2) is 4.79 Å². The summed E-state index contributed by atoms with van der Waals surface area (Å²) in [6, 6.07) is 3.28. The molecular formula is C9H10O2S. The van der Waals surface area contributed by atoms with Crippen LogP contribution in [0.5, 0.6) is 0 Å². The number of hydrogen-bond donors (Lipinski definition) is 2. The molecule has 0 bridgehead atoms. The Morgan fingerprint density at radius 1 is 1.33 bits per heavy atom. The lowest BCUT2D eigenvalue weighted by atomic mass is 10.0. The van der Waals surface area contributed by atoms with E-state index in [4.69, 9.17) is 5.11 Å². The highest BCUT2D eigenvalue weighted by Crippen LogP contribution is 2.20. The molecule has 2 nitrogen and oxygen atoms in total. The minimum Gasteiger partial charge on any atom is -0.478 e. The number of aromatic carboxylic acids is 1. The van der Waals surface area contributed by atoms with Crippen LogP contribution in [0.4, 0.5) is 0 Å². The molecule has 1 rings (SSSR count). The van der Waals surface area contributed by atoms with Crippen LogP contribution in [0.2, 0.25) is 0 Å². The summed E-state index contributed by atoms with van der Waals surface area (Å²) in [5.74, 6) is -0.885. The van der Waals surface area contributed by atoms with Gasteiger partial charge in [0.25, 0.3) is 0 Å². The fraction of sp³-hybridized carbons (Fsp3) is 0.222. The quantitative estimate of drug-likeness (QED) is 0.654. The largest absolute Gasteiger partial charge is 0.478 e. The Morgan fingerprint density at radius 2 is 1.92 bits per heavy atom. The summed E-state index contributed by atoms with van der Waals surface area (Å²) >= 11 is 4.19. The number of hydrogen-bond acceptors (Lipinski definition) is 2. The molecule has 0 radical (unpaired) electrons. The molecule has 12 heavy (non-hydrogen) atoms. The van der Waals surface area contributed by atoms with Gasteiger partial charge >= 0.3 is 5.97 Å². The van der Waals surface area contributed by atoms with Crippen molar-refractivity contribution >= 4 is 18.6 Å². The van der Waals surface area contributed by atoms with Gasteiger partial charge in [0.1, 0.15) is 0 Å². The highest BCUT2D eigenvalue weighted by Gasteiger charge is 2.09. The Kier molecular flexibility index (Phi) is 2.43. The van der Waals surface area contributed by atoms with Crippen LogP contribution < -0.4 is 0 Å². The summed E-state index contributed by atoms with van der Waals surface area (Å²) in [5, 5.41) is 8.76. The Bertz CT molecular complexity index is 332. The molecule has 0 aliphatic carbocycles. The third-order valence-electron chi connectivity index (χ3n) is 1.99. The molecule has 0 heterocycles. The van der Waals surface area contributed by atoms with Crippen molar-refractivity contribution in [2.45, 2.75) is 18.7 Å². The molecule has 0 fully saturated rings. The van der Waals surface area contributed by atoms with Crippen molar-refractivity contribution in [3.63, 3.8) is 0 Å². The minimum absolute atomic E-state index is 0.352. The molecule has 1 aromatic carbocycles. The molecule has 0 amide bonds. The molecule has 0 spiro atoms. The predicted octanol–water partition coefficient (Wildman–Crippen LogP) is 2.29. The van der Waals surface area contributed by atoms with Crippen molar-refractivity contribution in [3.05, 3.63) is 28.8 Å². The first-order chi connectivity index (χ1) is 5.54. The lowest BCUT2D eigenvalue weighted by molar-refractivity contribution is 0.0696. The van der Waals surface area contributed by atoms with E-state index in [0.717, 1.165) is 16.0 Å². The highest BCUT2D eigenvalue weighted by molar-refractivity contribution is 7.80. The lowest BCUT2D eigenvalue weighted by Gasteiger charge is -2.06. The van der Waals surface area contributed by atoms with E-state index in [-0.39, 0.29) is 0 Å². The fourth-order valence-electron chi connectivity index (χ4n) is 1.04. The number of carboxylic acids is 1. The summed E-state index contributed by atoms with van der Waals surface area (Å²) in [6.45, 7) is 3.66. The van der Waals surface area contributed by atoms with Crippen LogP contribution in [0, 0.1) is 13.8 Å². The van der Waals surface area contributed by atoms with Crippen LogP contribution in [0.3, 0.4) is 0 Å². The Hall–Kier alpha value is -0.960. The van der Waals surface area contributed by atoms with Gasteiger partial charge in [0.05, 0.1) is 5.56 Å². The fourth-order valence-corrected chi connectivity index (χ4v) is 1.28. The summed E-state index contributed by atoms with van der Waals surface area (Å²) < 4.78 is 0. The molecule has 0 aliphatic heterocycles. The highest BCUT2D eigenvalue weighted by atomic mass is 32.1. The first-order valence-electron chi connectivity index (χ1n) is 3.56. The summed E-state index contributed by atoms with van der Waals surface area (Å²) in [5.41, 5.74) is 2.07. The van der Waals surface area contributed by atoms with Crippen molar-refractivity contribution in [1.82, 2.24) is 0 Å². The molecule has 0 unspecified atom stereocenters. The van der Waals surface area contributed by atoms with Crippen LogP contribution in [0.15, 0.2) is 17.0 Å². The molecular weight excluding hydrogens is 172 g/mol. The third-order valence-corrected chi connectivity index (χ3v) is 2.47. The zero-order chi connectivity index (χ0) is 9.30. The van der Waals surface area contributed by atoms with Crippen LogP contribution in [-0.2, 0) is 0 Å². The van der Waals surface area contributed by atoms with Crippen LogP contribution in [0.1, 0.15) is 21.5 Å². The molecule has 0 saturated heterocycles. The maximum absolute atomic E-state index is 10.7. The van der Waals surface area contributed by atoms with E-state index in [9.17, 15) is 4.79 Å². The Balaban J connectivity index is 3.36. The third kappa shape index (κ3) is 1.46. The normalized spacial score (nSPS) is 9.92. The zero-order valence-corrected chi connectivity index (χ0v) is 7.85. The van der Waals surface area contributed by atoms with E-state index in [1.165, 1.54) is 0 Å². The summed E-state index contributed by atoms with van der Waals surface area (Å²) in [6.07, 6.45) is 0. The first-order valence-corrected chi connectivity index (χ1v) is 4.01. The lowest BCUT2D eigenvalue weighted by Crippen LogP contribution is -2.01. The second kappa shape index (κ2) is 3.19. The minimum atomic E-state index is -0.885. The van der Waals surface area contributed by atoms with E-state index in [1.807, 2.05) is 6.92 Å². The molecule has 0 saturated carbocycles. The molecule has 0 atom stereocenters. The van der Waals surface area contributed by atoms with Gasteiger partial charge in [-0.05, 0) is 37.1 Å². The average Bonchev–Trinajstić information content (AvgIpc) is 2.00. The van der Waals surface area contributed by atoms with E-state index < -0.39 is 5.97 Å². The SMILES string of the molecule is Cc1c(S)ccc(C(=O)O)c1C. The smallest absolute Gasteiger partial charge is 0.335 e. The number of rotatable bonds is 1. The van der Waals surface area contributed by atoms with Crippen LogP contribution >= 0.6 is 12.6 Å². The van der Waals surface area contributed by atoms with Crippen molar-refractivity contribution in [1.29, 1.82) is 0 Å². The maximum atomic E-state index is 10.7. The second-order valence-electron chi connectivity index (χ2n) is 2.69. The monoisotopic (exact) mass is 182 g/mol. The molecule has 0 aliphatic rings. The van der Waals surface area contributed by atoms with Gasteiger partial charge in [-0.3, -0.25) is 0 Å². The maximum Gasteiger partial charge on any atom is 0.335 e. The Labute approximate surface area is 76.6 Å². The van der Waals surface area contributed by atoms with E-state index in [0.29, 0.717) is 5.56 Å².